The molecular formula is C26H22N2O6S. The normalized spacial score (nSPS) is 11.5. The maximum Gasteiger partial charge on any atom is 0.335 e. The summed E-state index contributed by atoms with van der Waals surface area (Å²) in [6.45, 7) is 0.149. The van der Waals surface area contributed by atoms with Crippen molar-refractivity contribution in [3.63, 3.8) is 0 Å². The van der Waals surface area contributed by atoms with Gasteiger partial charge in [-0.05, 0) is 64.4 Å². The summed E-state index contributed by atoms with van der Waals surface area (Å²) >= 11 is 0. The van der Waals surface area contributed by atoms with Gasteiger partial charge < -0.3 is 14.6 Å². The Kier molecular flexibility index (Phi) is 6.98. The molecule has 0 radical (unpaired) electrons. The molecule has 0 amide bonds. The molecule has 9 heteroatoms. The van der Waals surface area contributed by atoms with Gasteiger partial charge in [-0.2, -0.15) is 13.5 Å². The molecule has 0 atom stereocenters. The number of aromatic carboxylic acids is 1. The highest BCUT2D eigenvalue weighted by Gasteiger charge is 2.13. The van der Waals surface area contributed by atoms with Crippen molar-refractivity contribution in [2.24, 2.45) is 5.10 Å². The van der Waals surface area contributed by atoms with Gasteiger partial charge in [0, 0.05) is 0 Å². The summed E-state index contributed by atoms with van der Waals surface area (Å²) in [6.07, 6.45) is 1.36. The average Bonchev–Trinajstić information content (AvgIpc) is 2.87. The van der Waals surface area contributed by atoms with Gasteiger partial charge in [0.1, 0.15) is 6.61 Å². The second-order valence-electron chi connectivity index (χ2n) is 7.57. The lowest BCUT2D eigenvalue weighted by Gasteiger charge is -2.11. The van der Waals surface area contributed by atoms with Crippen LogP contribution in [0.2, 0.25) is 0 Å². The molecule has 0 unspecified atom stereocenters. The van der Waals surface area contributed by atoms with E-state index in [1.165, 1.54) is 31.5 Å². The van der Waals surface area contributed by atoms with Gasteiger partial charge in [-0.3, -0.25) is 0 Å². The van der Waals surface area contributed by atoms with Crippen LogP contribution in [0.15, 0.2) is 94.9 Å². The summed E-state index contributed by atoms with van der Waals surface area (Å²) in [4.78, 5) is 13.5. The number of carbonyl (C=O) groups is 1. The van der Waals surface area contributed by atoms with E-state index in [0.717, 1.165) is 10.8 Å². The first-order valence-corrected chi connectivity index (χ1v) is 12.0. The molecule has 2 N–H and O–H groups in total. The topological polar surface area (TPSA) is 114 Å². The van der Waals surface area contributed by atoms with Crippen LogP contribution in [0.1, 0.15) is 21.5 Å². The zero-order chi connectivity index (χ0) is 24.8. The SMILES string of the molecule is COc1cc(C=NNS(=O)(=O)c2ccc3ccccc3c2)ccc1OCc1cccc(C(=O)O)c1. The number of carboxylic acids is 1. The van der Waals surface area contributed by atoms with Crippen molar-refractivity contribution in [3.05, 3.63) is 102 Å². The van der Waals surface area contributed by atoms with Crippen molar-refractivity contribution in [3.8, 4) is 11.5 Å². The van der Waals surface area contributed by atoms with Gasteiger partial charge >= 0.3 is 5.97 Å². The fourth-order valence-electron chi connectivity index (χ4n) is 3.40. The molecule has 0 spiro atoms. The van der Waals surface area contributed by atoms with E-state index in [0.29, 0.717) is 22.6 Å². The first-order valence-electron chi connectivity index (χ1n) is 10.5. The van der Waals surface area contributed by atoms with Crippen LogP contribution in [0.5, 0.6) is 11.5 Å². The van der Waals surface area contributed by atoms with Crippen LogP contribution >= 0.6 is 0 Å². The molecule has 0 heterocycles. The van der Waals surface area contributed by atoms with E-state index in [1.807, 2.05) is 24.3 Å². The smallest absolute Gasteiger partial charge is 0.335 e. The van der Waals surface area contributed by atoms with Gasteiger partial charge in [0.05, 0.1) is 23.8 Å². The number of fused-ring (bicyclic) bond motifs is 1. The summed E-state index contributed by atoms with van der Waals surface area (Å²) in [5.74, 6) is -0.146. The number of rotatable bonds is 9. The number of ether oxygens (including phenoxy) is 2. The molecule has 0 aliphatic rings. The van der Waals surface area contributed by atoms with Crippen LogP contribution in [0.3, 0.4) is 0 Å². The average molecular weight is 491 g/mol. The molecular weight excluding hydrogens is 468 g/mol. The number of nitrogens with zero attached hydrogens (tertiary/aromatic N) is 1. The van der Waals surface area contributed by atoms with Crippen molar-refractivity contribution in [2.75, 3.05) is 7.11 Å². The molecule has 0 aliphatic carbocycles. The summed E-state index contributed by atoms with van der Waals surface area (Å²) in [6, 6.07) is 23.8. The second-order valence-corrected chi connectivity index (χ2v) is 9.23. The monoisotopic (exact) mass is 490 g/mol. The zero-order valence-corrected chi connectivity index (χ0v) is 19.5. The van der Waals surface area contributed by atoms with Gasteiger partial charge in [-0.25, -0.2) is 9.63 Å². The maximum absolute atomic E-state index is 12.6. The van der Waals surface area contributed by atoms with E-state index in [-0.39, 0.29) is 17.1 Å². The first-order chi connectivity index (χ1) is 16.9. The third-order valence-electron chi connectivity index (χ3n) is 5.17. The molecule has 0 saturated carbocycles. The lowest BCUT2D eigenvalue weighted by atomic mass is 10.1. The molecule has 178 valence electrons. The Morgan fingerprint density at radius 2 is 1.74 bits per heavy atom. The minimum atomic E-state index is -3.84. The van der Waals surface area contributed by atoms with Crippen LogP contribution in [-0.4, -0.2) is 32.8 Å². The first kappa shape index (κ1) is 23.8. The Hall–Kier alpha value is -4.37. The standard InChI is InChI=1S/C26H22N2O6S/c1-33-25-14-18(9-12-24(25)34-17-19-5-4-8-22(13-19)26(29)30)16-27-28-35(31,32)23-11-10-20-6-2-3-7-21(20)15-23/h2-16,28H,17H2,1H3,(H,29,30). The lowest BCUT2D eigenvalue weighted by molar-refractivity contribution is 0.0696. The van der Waals surface area contributed by atoms with Crippen LogP contribution in [-0.2, 0) is 16.6 Å². The fourth-order valence-corrected chi connectivity index (χ4v) is 4.22. The van der Waals surface area contributed by atoms with Crippen LogP contribution in [0, 0.1) is 0 Å². The summed E-state index contributed by atoms with van der Waals surface area (Å²) in [5.41, 5.74) is 1.46. The minimum absolute atomic E-state index is 0.113. The van der Waals surface area contributed by atoms with E-state index in [4.69, 9.17) is 14.6 Å². The molecule has 8 nitrogen and oxygen atoms in total. The number of sulfonamides is 1. The summed E-state index contributed by atoms with van der Waals surface area (Å²) in [5, 5.41) is 14.8. The molecule has 4 rings (SSSR count). The van der Waals surface area contributed by atoms with Gasteiger partial charge in [-0.15, -0.1) is 0 Å². The number of carboxylic acid groups (broad SMARTS) is 1. The maximum atomic E-state index is 12.6. The van der Waals surface area contributed by atoms with E-state index >= 15 is 0 Å². The number of hydrogen-bond donors (Lipinski definition) is 2. The van der Waals surface area contributed by atoms with Gasteiger partial charge in [0.2, 0.25) is 0 Å². The molecule has 4 aromatic carbocycles. The van der Waals surface area contributed by atoms with E-state index in [2.05, 4.69) is 9.93 Å². The van der Waals surface area contributed by atoms with E-state index in [1.54, 1.807) is 42.5 Å². The van der Waals surface area contributed by atoms with Crippen molar-refractivity contribution in [1.29, 1.82) is 0 Å². The van der Waals surface area contributed by atoms with Crippen molar-refractivity contribution in [2.45, 2.75) is 11.5 Å². The van der Waals surface area contributed by atoms with Gasteiger partial charge in [0.25, 0.3) is 10.0 Å². The quantitative estimate of drug-likeness (QED) is 0.265. The third-order valence-corrected chi connectivity index (χ3v) is 6.39. The molecule has 0 saturated heterocycles. The highest BCUT2D eigenvalue weighted by molar-refractivity contribution is 7.89. The highest BCUT2D eigenvalue weighted by atomic mass is 32.2. The molecule has 35 heavy (non-hydrogen) atoms. The third kappa shape index (κ3) is 5.77. The summed E-state index contributed by atoms with van der Waals surface area (Å²) < 4.78 is 36.4. The Labute approximate surface area is 202 Å². The predicted molar refractivity (Wildman–Crippen MR) is 133 cm³/mol. The lowest BCUT2D eigenvalue weighted by Crippen LogP contribution is -2.18. The number of methoxy groups -OCH3 is 1. The van der Waals surface area contributed by atoms with E-state index < -0.39 is 16.0 Å². The fraction of sp³-hybridized carbons (Fsp3) is 0.0769. The van der Waals surface area contributed by atoms with Crippen LogP contribution in [0.25, 0.3) is 10.8 Å². The Balaban J connectivity index is 1.44. The Bertz CT molecular complexity index is 1520. The molecule has 0 aliphatic heterocycles. The number of hydrogen-bond acceptors (Lipinski definition) is 6. The molecule has 0 fully saturated rings. The van der Waals surface area contributed by atoms with Crippen molar-refractivity contribution < 1.29 is 27.8 Å². The Morgan fingerprint density at radius 1 is 0.943 bits per heavy atom. The predicted octanol–water partition coefficient (Wildman–Crippen LogP) is 4.44. The molecule has 4 aromatic rings. The summed E-state index contributed by atoms with van der Waals surface area (Å²) in [7, 11) is -2.36. The molecule has 0 bridgehead atoms. The largest absolute Gasteiger partial charge is 0.493 e. The zero-order valence-electron chi connectivity index (χ0n) is 18.7. The van der Waals surface area contributed by atoms with Gasteiger partial charge in [0.15, 0.2) is 11.5 Å². The highest BCUT2D eigenvalue weighted by Crippen LogP contribution is 2.28. The van der Waals surface area contributed by atoms with Crippen molar-refractivity contribution in [1.82, 2.24) is 4.83 Å². The van der Waals surface area contributed by atoms with Gasteiger partial charge in [-0.1, -0.05) is 42.5 Å². The van der Waals surface area contributed by atoms with Crippen LogP contribution < -0.4 is 14.3 Å². The minimum Gasteiger partial charge on any atom is -0.493 e. The van der Waals surface area contributed by atoms with E-state index in [9.17, 15) is 13.2 Å². The number of hydrazone groups is 1. The second kappa shape index (κ2) is 10.3. The number of benzene rings is 4. The Morgan fingerprint density at radius 3 is 2.51 bits per heavy atom. The number of nitrogens with one attached hydrogen (secondary N) is 1. The molecule has 0 aromatic heterocycles. The van der Waals surface area contributed by atoms with Crippen molar-refractivity contribution >= 4 is 33.0 Å². The van der Waals surface area contributed by atoms with Crippen LogP contribution in [0.4, 0.5) is 0 Å².